The topological polar surface area (TPSA) is 58.2 Å². The number of nitrogens with zero attached hydrogens (tertiary/aromatic N) is 2. The molecule has 0 radical (unpaired) electrons. The lowest BCUT2D eigenvalue weighted by molar-refractivity contribution is -0.130. The van der Waals surface area contributed by atoms with Crippen molar-refractivity contribution in [1.82, 2.24) is 15.1 Å². The van der Waals surface area contributed by atoms with Crippen LogP contribution in [-0.2, 0) is 22.4 Å². The van der Waals surface area contributed by atoms with Crippen LogP contribution in [0.2, 0.25) is 0 Å². The Hall–Kier alpha value is -1.88. The molecule has 1 N–H and O–H groups in total. The molecule has 5 nitrogen and oxygen atoms in total. The molecule has 1 aromatic heterocycles. The number of aryl methyl sites for hydroxylation is 1. The maximum absolute atomic E-state index is 13.2. The molecule has 1 fully saturated rings. The van der Waals surface area contributed by atoms with Gasteiger partial charge in [-0.1, -0.05) is 31.6 Å². The van der Waals surface area contributed by atoms with Crippen LogP contribution in [0.25, 0.3) is 0 Å². The molecule has 1 heterocycles. The van der Waals surface area contributed by atoms with Gasteiger partial charge in [0.15, 0.2) is 0 Å². The van der Waals surface area contributed by atoms with E-state index >= 15 is 0 Å². The molecule has 3 aliphatic rings. The Bertz CT molecular complexity index is 702. The zero-order chi connectivity index (χ0) is 17.9. The molecule has 140 valence electrons. The number of H-pyrrole nitrogens is 1. The minimum absolute atomic E-state index is 0.121. The van der Waals surface area contributed by atoms with Crippen LogP contribution in [0.3, 0.4) is 0 Å². The molecule has 0 spiro atoms. The fraction of sp³-hybridized carbons (Fsp3) is 0.619. The highest BCUT2D eigenvalue weighted by molar-refractivity contribution is 5.97. The number of carbonyl (C=O) groups excluding carboxylic acids is 1. The molecule has 0 bridgehead atoms. The van der Waals surface area contributed by atoms with Crippen molar-refractivity contribution in [3.05, 3.63) is 41.3 Å². The fourth-order valence-electron chi connectivity index (χ4n) is 4.03. The summed E-state index contributed by atoms with van der Waals surface area (Å²) < 4.78 is 5.85. The zero-order valence-electron chi connectivity index (χ0n) is 15.6. The zero-order valence-corrected chi connectivity index (χ0v) is 15.6. The van der Waals surface area contributed by atoms with Gasteiger partial charge >= 0.3 is 0 Å². The van der Waals surface area contributed by atoms with Crippen LogP contribution >= 0.6 is 0 Å². The van der Waals surface area contributed by atoms with E-state index in [9.17, 15) is 4.79 Å². The van der Waals surface area contributed by atoms with Crippen molar-refractivity contribution in [3.63, 3.8) is 0 Å². The maximum atomic E-state index is 13.2. The fourth-order valence-corrected chi connectivity index (χ4v) is 4.03. The average Bonchev–Trinajstić information content (AvgIpc) is 3.38. The number of fused-ring (bicyclic) bond motifs is 1. The van der Waals surface area contributed by atoms with Crippen LogP contribution in [0.5, 0.6) is 0 Å². The lowest BCUT2D eigenvalue weighted by Gasteiger charge is -2.35. The van der Waals surface area contributed by atoms with E-state index in [0.29, 0.717) is 12.1 Å². The Morgan fingerprint density at radius 2 is 2.23 bits per heavy atom. The average molecular weight is 355 g/mol. The Morgan fingerprint density at radius 3 is 2.96 bits per heavy atom. The second-order valence-electron chi connectivity index (χ2n) is 7.73. The van der Waals surface area contributed by atoms with Gasteiger partial charge in [-0.15, -0.1) is 0 Å². The molecule has 0 aliphatic heterocycles. The predicted molar refractivity (Wildman–Crippen MR) is 101 cm³/mol. The van der Waals surface area contributed by atoms with Crippen LogP contribution < -0.4 is 0 Å². The minimum Gasteiger partial charge on any atom is -0.374 e. The smallest absolute Gasteiger partial charge is 0.254 e. The van der Waals surface area contributed by atoms with Crippen LogP contribution in [0.1, 0.15) is 56.7 Å². The quantitative estimate of drug-likeness (QED) is 0.763. The number of aromatic amines is 1. The summed E-state index contributed by atoms with van der Waals surface area (Å²) in [7, 11) is 0. The van der Waals surface area contributed by atoms with E-state index in [2.05, 4.69) is 34.2 Å². The molecule has 3 aliphatic carbocycles. The largest absolute Gasteiger partial charge is 0.374 e. The van der Waals surface area contributed by atoms with Crippen molar-refractivity contribution >= 4 is 5.91 Å². The van der Waals surface area contributed by atoms with Gasteiger partial charge in [-0.05, 0) is 50.5 Å². The molecular weight excluding hydrogens is 326 g/mol. The second kappa shape index (κ2) is 7.78. The van der Waals surface area contributed by atoms with Crippen molar-refractivity contribution in [1.29, 1.82) is 0 Å². The number of ether oxygens (including phenoxy) is 1. The predicted octanol–water partition coefficient (Wildman–Crippen LogP) is 3.33. The van der Waals surface area contributed by atoms with E-state index in [1.807, 2.05) is 12.3 Å². The number of nitrogens with one attached hydrogen (secondary N) is 1. The highest BCUT2D eigenvalue weighted by atomic mass is 16.5. The van der Waals surface area contributed by atoms with Crippen LogP contribution in [-0.4, -0.2) is 45.8 Å². The molecule has 0 aromatic carbocycles. The van der Waals surface area contributed by atoms with Gasteiger partial charge in [0.25, 0.3) is 5.91 Å². The van der Waals surface area contributed by atoms with Gasteiger partial charge in [0.05, 0.1) is 12.3 Å². The first kappa shape index (κ1) is 17.5. The van der Waals surface area contributed by atoms with E-state index < -0.39 is 0 Å². The van der Waals surface area contributed by atoms with Gasteiger partial charge in [0.1, 0.15) is 0 Å². The monoisotopic (exact) mass is 355 g/mol. The van der Waals surface area contributed by atoms with Gasteiger partial charge in [0.2, 0.25) is 0 Å². The summed E-state index contributed by atoms with van der Waals surface area (Å²) in [6.45, 7) is 2.97. The van der Waals surface area contributed by atoms with E-state index in [0.717, 1.165) is 63.5 Å². The molecule has 26 heavy (non-hydrogen) atoms. The number of unbranched alkanes of at least 4 members (excludes halogenated alkanes) is 1. The first-order chi connectivity index (χ1) is 12.8. The summed E-state index contributed by atoms with van der Waals surface area (Å²) in [5, 5.41) is 7.26. The number of hydrogen-bond acceptors (Lipinski definition) is 3. The summed E-state index contributed by atoms with van der Waals surface area (Å²) in [6.07, 6.45) is 16.4. The van der Waals surface area contributed by atoms with Gasteiger partial charge in [-0.2, -0.15) is 5.10 Å². The van der Waals surface area contributed by atoms with Crippen LogP contribution in [0, 0.1) is 0 Å². The van der Waals surface area contributed by atoms with E-state index in [-0.39, 0.29) is 12.0 Å². The molecule has 1 aromatic rings. The lowest BCUT2D eigenvalue weighted by Crippen LogP contribution is -2.45. The molecule has 1 saturated carbocycles. The minimum atomic E-state index is 0.121. The van der Waals surface area contributed by atoms with Gasteiger partial charge in [0, 0.05) is 30.0 Å². The first-order valence-corrected chi connectivity index (χ1v) is 10.1. The number of amides is 1. The van der Waals surface area contributed by atoms with Gasteiger partial charge in [-0.3, -0.25) is 9.89 Å². The van der Waals surface area contributed by atoms with Gasteiger partial charge in [-0.25, -0.2) is 0 Å². The van der Waals surface area contributed by atoms with Crippen LogP contribution in [0.4, 0.5) is 0 Å². The molecule has 5 heteroatoms. The summed E-state index contributed by atoms with van der Waals surface area (Å²) >= 11 is 0. The number of aromatic nitrogens is 2. The highest BCUT2D eigenvalue weighted by Gasteiger charge is 2.39. The van der Waals surface area contributed by atoms with Crippen molar-refractivity contribution in [2.75, 3.05) is 6.61 Å². The Kier molecular flexibility index (Phi) is 5.25. The van der Waals surface area contributed by atoms with E-state index in [1.54, 1.807) is 0 Å². The standard InChI is InChI=1S/C21H29N3O2/c1-2-3-12-26-19-9-4-15(5-10-19)21(25)24(17-6-7-17)18-8-11-20-16(13-18)14-22-23-20/h4-5,9,14,17-19H,2-3,6-8,10-13H2,1H3,(H,22,23). The van der Waals surface area contributed by atoms with Gasteiger partial charge < -0.3 is 9.64 Å². The number of hydrogen-bond donors (Lipinski definition) is 1. The third kappa shape index (κ3) is 3.78. The second-order valence-corrected chi connectivity index (χ2v) is 7.73. The number of carbonyl (C=O) groups is 1. The van der Waals surface area contributed by atoms with Crippen molar-refractivity contribution in [2.24, 2.45) is 0 Å². The van der Waals surface area contributed by atoms with E-state index in [1.165, 1.54) is 11.3 Å². The molecule has 2 unspecified atom stereocenters. The maximum Gasteiger partial charge on any atom is 0.254 e. The van der Waals surface area contributed by atoms with Crippen molar-refractivity contribution in [3.8, 4) is 0 Å². The Morgan fingerprint density at radius 1 is 1.35 bits per heavy atom. The van der Waals surface area contributed by atoms with Crippen molar-refractivity contribution < 1.29 is 9.53 Å². The van der Waals surface area contributed by atoms with E-state index in [4.69, 9.17) is 4.74 Å². The third-order valence-electron chi connectivity index (χ3n) is 5.70. The molecule has 0 saturated heterocycles. The Balaban J connectivity index is 1.40. The highest BCUT2D eigenvalue weighted by Crippen LogP contribution is 2.35. The third-order valence-corrected chi connectivity index (χ3v) is 5.70. The van der Waals surface area contributed by atoms with Crippen molar-refractivity contribution in [2.45, 2.75) is 76.5 Å². The molecule has 4 rings (SSSR count). The lowest BCUT2D eigenvalue weighted by atomic mass is 9.91. The normalized spacial score (nSPS) is 24.9. The molecule has 2 atom stereocenters. The molecular formula is C21H29N3O2. The summed E-state index contributed by atoms with van der Waals surface area (Å²) in [4.78, 5) is 15.4. The number of rotatable bonds is 7. The summed E-state index contributed by atoms with van der Waals surface area (Å²) in [6, 6.07) is 0.724. The summed E-state index contributed by atoms with van der Waals surface area (Å²) in [5.74, 6) is 0.202. The van der Waals surface area contributed by atoms with Crippen LogP contribution in [0.15, 0.2) is 30.0 Å². The molecule has 1 amide bonds. The first-order valence-electron chi connectivity index (χ1n) is 10.1. The Labute approximate surface area is 155 Å². The summed E-state index contributed by atoms with van der Waals surface area (Å²) in [5.41, 5.74) is 3.36. The SMILES string of the molecule is CCCCOC1C=CC(C(=O)N(C2CC2)C2CCc3[nH]ncc3C2)=CC1.